The van der Waals surface area contributed by atoms with Crippen molar-refractivity contribution in [3.8, 4) is 0 Å². The van der Waals surface area contributed by atoms with Crippen LogP contribution in [-0.2, 0) is 11.3 Å². The van der Waals surface area contributed by atoms with Crippen LogP contribution in [0.15, 0.2) is 18.2 Å². The molecule has 2 heteroatoms. The second-order valence-electron chi connectivity index (χ2n) is 3.32. The number of benzene rings is 1. The molecule has 0 aromatic heterocycles. The molecular formula is C10H13NO. The van der Waals surface area contributed by atoms with Crippen LogP contribution in [0.5, 0.6) is 0 Å². The summed E-state index contributed by atoms with van der Waals surface area (Å²) in [6, 6.07) is 6.42. The quantitative estimate of drug-likeness (QED) is 0.629. The Morgan fingerprint density at radius 3 is 3.17 bits per heavy atom. The molecule has 0 aliphatic carbocycles. The molecule has 0 spiro atoms. The van der Waals surface area contributed by atoms with Crippen molar-refractivity contribution in [3.63, 3.8) is 0 Å². The SMILES string of the molecule is Cc1ccc2c(c1)COC[C@H]2N. The van der Waals surface area contributed by atoms with Gasteiger partial charge in [0.15, 0.2) is 0 Å². The lowest BCUT2D eigenvalue weighted by atomic mass is 9.98. The highest BCUT2D eigenvalue weighted by molar-refractivity contribution is 5.34. The standard InChI is InChI=1S/C10H13NO/c1-7-2-3-9-8(4-7)5-12-6-10(9)11/h2-4,10H,5-6,11H2,1H3/t10-/m1/s1. The van der Waals surface area contributed by atoms with Gasteiger partial charge in [-0.15, -0.1) is 0 Å². The molecule has 0 saturated heterocycles. The molecule has 12 heavy (non-hydrogen) atoms. The van der Waals surface area contributed by atoms with E-state index < -0.39 is 0 Å². The summed E-state index contributed by atoms with van der Waals surface area (Å²) in [5.41, 5.74) is 9.63. The van der Waals surface area contributed by atoms with Crippen LogP contribution in [0.4, 0.5) is 0 Å². The fourth-order valence-electron chi connectivity index (χ4n) is 1.61. The Morgan fingerprint density at radius 1 is 1.50 bits per heavy atom. The number of ether oxygens (including phenoxy) is 1. The molecule has 2 nitrogen and oxygen atoms in total. The maximum absolute atomic E-state index is 5.87. The summed E-state index contributed by atoms with van der Waals surface area (Å²) in [5, 5.41) is 0. The van der Waals surface area contributed by atoms with E-state index >= 15 is 0 Å². The number of rotatable bonds is 0. The lowest BCUT2D eigenvalue weighted by molar-refractivity contribution is 0.0923. The Hall–Kier alpha value is -0.860. The van der Waals surface area contributed by atoms with Crippen LogP contribution >= 0.6 is 0 Å². The maximum atomic E-state index is 5.87. The zero-order valence-electron chi connectivity index (χ0n) is 7.21. The molecule has 0 unspecified atom stereocenters. The maximum Gasteiger partial charge on any atom is 0.0721 e. The molecule has 0 bridgehead atoms. The minimum absolute atomic E-state index is 0.0642. The van der Waals surface area contributed by atoms with E-state index in [0.717, 1.165) is 0 Å². The third kappa shape index (κ3) is 1.24. The van der Waals surface area contributed by atoms with Gasteiger partial charge in [0.05, 0.1) is 19.3 Å². The molecule has 0 saturated carbocycles. The number of nitrogens with two attached hydrogens (primary N) is 1. The molecule has 64 valence electrons. The number of hydrogen-bond acceptors (Lipinski definition) is 2. The van der Waals surface area contributed by atoms with Gasteiger partial charge in [0, 0.05) is 0 Å². The summed E-state index contributed by atoms with van der Waals surface area (Å²) < 4.78 is 5.34. The fraction of sp³-hybridized carbons (Fsp3) is 0.400. The van der Waals surface area contributed by atoms with Crippen molar-refractivity contribution in [2.45, 2.75) is 19.6 Å². The van der Waals surface area contributed by atoms with Crippen LogP contribution in [-0.4, -0.2) is 6.61 Å². The highest BCUT2D eigenvalue weighted by Crippen LogP contribution is 2.23. The summed E-state index contributed by atoms with van der Waals surface area (Å²) in [7, 11) is 0. The monoisotopic (exact) mass is 163 g/mol. The van der Waals surface area contributed by atoms with Gasteiger partial charge in [-0.2, -0.15) is 0 Å². The van der Waals surface area contributed by atoms with Crippen LogP contribution in [0, 0.1) is 6.92 Å². The van der Waals surface area contributed by atoms with Crippen molar-refractivity contribution >= 4 is 0 Å². The Balaban J connectivity index is 2.46. The van der Waals surface area contributed by atoms with Gasteiger partial charge in [-0.25, -0.2) is 0 Å². The van der Waals surface area contributed by atoms with Gasteiger partial charge < -0.3 is 10.5 Å². The van der Waals surface area contributed by atoms with Gasteiger partial charge in [0.2, 0.25) is 0 Å². The normalized spacial score (nSPS) is 22.0. The Labute approximate surface area is 72.3 Å². The van der Waals surface area contributed by atoms with E-state index in [-0.39, 0.29) is 6.04 Å². The molecule has 0 radical (unpaired) electrons. The molecule has 2 rings (SSSR count). The predicted molar refractivity (Wildman–Crippen MR) is 47.8 cm³/mol. The zero-order valence-corrected chi connectivity index (χ0v) is 7.21. The molecule has 2 N–H and O–H groups in total. The third-order valence-corrected chi connectivity index (χ3v) is 2.25. The van der Waals surface area contributed by atoms with Crippen molar-refractivity contribution in [3.05, 3.63) is 34.9 Å². The Bertz CT molecular complexity index is 296. The predicted octanol–water partition coefficient (Wildman–Crippen LogP) is 1.53. The molecule has 1 aliphatic heterocycles. The summed E-state index contributed by atoms with van der Waals surface area (Å²) >= 11 is 0. The Morgan fingerprint density at radius 2 is 2.33 bits per heavy atom. The summed E-state index contributed by atoms with van der Waals surface area (Å²) in [4.78, 5) is 0. The van der Waals surface area contributed by atoms with Crippen LogP contribution in [0.1, 0.15) is 22.7 Å². The number of hydrogen-bond donors (Lipinski definition) is 1. The third-order valence-electron chi connectivity index (χ3n) is 2.25. The van der Waals surface area contributed by atoms with E-state index in [1.807, 2.05) is 0 Å². The highest BCUT2D eigenvalue weighted by Gasteiger charge is 2.16. The molecule has 1 heterocycles. The van der Waals surface area contributed by atoms with E-state index in [4.69, 9.17) is 10.5 Å². The average Bonchev–Trinajstić information content (AvgIpc) is 2.04. The van der Waals surface area contributed by atoms with Gasteiger partial charge >= 0.3 is 0 Å². The summed E-state index contributed by atoms with van der Waals surface area (Å²) in [6.45, 7) is 3.45. The average molecular weight is 163 g/mol. The van der Waals surface area contributed by atoms with Gasteiger partial charge in [0.1, 0.15) is 0 Å². The first kappa shape index (κ1) is 7.77. The van der Waals surface area contributed by atoms with E-state index in [0.29, 0.717) is 13.2 Å². The van der Waals surface area contributed by atoms with Crippen molar-refractivity contribution in [1.82, 2.24) is 0 Å². The van der Waals surface area contributed by atoms with Crippen molar-refractivity contribution in [1.29, 1.82) is 0 Å². The van der Waals surface area contributed by atoms with Crippen LogP contribution in [0.25, 0.3) is 0 Å². The Kier molecular flexibility index (Phi) is 1.87. The van der Waals surface area contributed by atoms with Crippen molar-refractivity contribution < 1.29 is 4.74 Å². The van der Waals surface area contributed by atoms with Crippen LogP contribution < -0.4 is 5.73 Å². The van der Waals surface area contributed by atoms with Gasteiger partial charge in [0.25, 0.3) is 0 Å². The van der Waals surface area contributed by atoms with Crippen LogP contribution in [0.3, 0.4) is 0 Å². The van der Waals surface area contributed by atoms with Gasteiger partial charge in [-0.3, -0.25) is 0 Å². The fourth-order valence-corrected chi connectivity index (χ4v) is 1.61. The second-order valence-corrected chi connectivity index (χ2v) is 3.32. The molecule has 0 fully saturated rings. The first-order chi connectivity index (χ1) is 5.77. The minimum atomic E-state index is 0.0642. The van der Waals surface area contributed by atoms with Gasteiger partial charge in [-0.05, 0) is 18.1 Å². The number of fused-ring (bicyclic) bond motifs is 1. The largest absolute Gasteiger partial charge is 0.375 e. The zero-order chi connectivity index (χ0) is 8.55. The molecule has 0 amide bonds. The summed E-state index contributed by atoms with van der Waals surface area (Å²) in [5.74, 6) is 0. The van der Waals surface area contributed by atoms with Crippen molar-refractivity contribution in [2.24, 2.45) is 5.73 Å². The molecule has 1 aromatic rings. The molecule has 1 aliphatic rings. The smallest absolute Gasteiger partial charge is 0.0721 e. The van der Waals surface area contributed by atoms with E-state index in [9.17, 15) is 0 Å². The molecule has 1 atom stereocenters. The second kappa shape index (κ2) is 2.88. The topological polar surface area (TPSA) is 35.2 Å². The first-order valence-electron chi connectivity index (χ1n) is 4.20. The lowest BCUT2D eigenvalue weighted by Gasteiger charge is -2.22. The van der Waals surface area contributed by atoms with E-state index in [1.165, 1.54) is 16.7 Å². The minimum Gasteiger partial charge on any atom is -0.375 e. The van der Waals surface area contributed by atoms with E-state index in [2.05, 4.69) is 25.1 Å². The molecule has 1 aromatic carbocycles. The van der Waals surface area contributed by atoms with E-state index in [1.54, 1.807) is 0 Å². The molecular weight excluding hydrogens is 150 g/mol. The number of aryl methyl sites for hydroxylation is 1. The van der Waals surface area contributed by atoms with Gasteiger partial charge in [-0.1, -0.05) is 23.8 Å². The van der Waals surface area contributed by atoms with Crippen molar-refractivity contribution in [2.75, 3.05) is 6.61 Å². The lowest BCUT2D eigenvalue weighted by Crippen LogP contribution is -2.23. The summed E-state index contributed by atoms with van der Waals surface area (Å²) in [6.07, 6.45) is 0. The highest BCUT2D eigenvalue weighted by atomic mass is 16.5. The van der Waals surface area contributed by atoms with Crippen LogP contribution in [0.2, 0.25) is 0 Å². The first-order valence-corrected chi connectivity index (χ1v) is 4.20.